The number of hydrogen-bond donors (Lipinski definition) is 1. The molecule has 1 N–H and O–H groups in total. The Balaban J connectivity index is 1.78. The van der Waals surface area contributed by atoms with Crippen molar-refractivity contribution >= 4 is 5.71 Å². The van der Waals surface area contributed by atoms with Gasteiger partial charge in [0.05, 0.1) is 5.71 Å². The minimum absolute atomic E-state index is 0.507. The van der Waals surface area contributed by atoms with Gasteiger partial charge < -0.3 is 9.94 Å². The Morgan fingerprint density at radius 3 is 2.80 bits per heavy atom. The van der Waals surface area contributed by atoms with Gasteiger partial charge in [0.1, 0.15) is 12.4 Å². The zero-order chi connectivity index (χ0) is 13.8. The Morgan fingerprint density at radius 2 is 2.00 bits per heavy atom. The number of pyridine rings is 1. The number of oxime groups is 1. The van der Waals surface area contributed by atoms with E-state index in [-0.39, 0.29) is 0 Å². The van der Waals surface area contributed by atoms with E-state index in [4.69, 9.17) is 9.94 Å². The van der Waals surface area contributed by atoms with Crippen LogP contribution in [-0.4, -0.2) is 15.9 Å². The van der Waals surface area contributed by atoms with E-state index in [0.717, 1.165) is 41.9 Å². The summed E-state index contributed by atoms with van der Waals surface area (Å²) in [4.78, 5) is 3.98. The molecule has 0 atom stereocenters. The fraction of sp³-hybridized carbons (Fsp3) is 0.250. The summed E-state index contributed by atoms with van der Waals surface area (Å²) in [6.07, 6.45) is 6.38. The minimum Gasteiger partial charge on any atom is -0.489 e. The number of hydrogen-bond acceptors (Lipinski definition) is 4. The Bertz CT molecular complexity index is 624. The van der Waals surface area contributed by atoms with Gasteiger partial charge in [0, 0.05) is 18.0 Å². The van der Waals surface area contributed by atoms with Gasteiger partial charge in [-0.1, -0.05) is 11.2 Å². The molecule has 4 heteroatoms. The molecule has 0 saturated carbocycles. The molecule has 0 fully saturated rings. The highest BCUT2D eigenvalue weighted by Gasteiger charge is 2.16. The van der Waals surface area contributed by atoms with E-state index in [1.54, 1.807) is 12.4 Å². The maximum atomic E-state index is 9.08. The fourth-order valence-electron chi connectivity index (χ4n) is 2.46. The van der Waals surface area contributed by atoms with E-state index in [0.29, 0.717) is 6.61 Å². The van der Waals surface area contributed by atoms with E-state index >= 15 is 0 Å². The predicted molar refractivity (Wildman–Crippen MR) is 76.3 cm³/mol. The Kier molecular flexibility index (Phi) is 3.63. The molecule has 0 unspecified atom stereocenters. The first-order valence-electron chi connectivity index (χ1n) is 6.73. The van der Waals surface area contributed by atoms with Gasteiger partial charge in [-0.25, -0.2) is 0 Å². The molecule has 4 nitrogen and oxygen atoms in total. The van der Waals surface area contributed by atoms with Crippen LogP contribution in [0.4, 0.5) is 0 Å². The molecule has 0 amide bonds. The predicted octanol–water partition coefficient (Wildman–Crippen LogP) is 3.18. The van der Waals surface area contributed by atoms with Crippen LogP contribution in [0.3, 0.4) is 0 Å². The van der Waals surface area contributed by atoms with Crippen molar-refractivity contribution in [3.63, 3.8) is 0 Å². The van der Waals surface area contributed by atoms with E-state index in [1.165, 1.54) is 5.56 Å². The molecule has 102 valence electrons. The molecule has 1 heterocycles. The van der Waals surface area contributed by atoms with Crippen LogP contribution < -0.4 is 4.74 Å². The smallest absolute Gasteiger partial charge is 0.120 e. The van der Waals surface area contributed by atoms with Gasteiger partial charge >= 0.3 is 0 Å². The second-order valence-corrected chi connectivity index (χ2v) is 4.86. The molecular formula is C16H16N2O2. The zero-order valence-corrected chi connectivity index (χ0v) is 11.1. The molecular weight excluding hydrogens is 252 g/mol. The summed E-state index contributed by atoms with van der Waals surface area (Å²) in [5.74, 6) is 0.795. The van der Waals surface area contributed by atoms with Crippen molar-refractivity contribution in [1.29, 1.82) is 0 Å². The van der Waals surface area contributed by atoms with Crippen molar-refractivity contribution in [3.8, 4) is 5.75 Å². The average Bonchev–Trinajstić information content (AvgIpc) is 2.53. The first-order valence-corrected chi connectivity index (χ1v) is 6.73. The first-order chi connectivity index (χ1) is 9.86. The van der Waals surface area contributed by atoms with Crippen molar-refractivity contribution < 1.29 is 9.94 Å². The number of fused-ring (bicyclic) bond motifs is 1. The normalized spacial score (nSPS) is 15.9. The second-order valence-electron chi connectivity index (χ2n) is 4.86. The number of nitrogens with zero attached hydrogens (tertiary/aromatic N) is 2. The Hall–Kier alpha value is -2.36. The summed E-state index contributed by atoms with van der Waals surface area (Å²) < 4.78 is 5.79. The van der Waals surface area contributed by atoms with Gasteiger partial charge in [0.25, 0.3) is 0 Å². The molecule has 0 aliphatic heterocycles. The molecule has 1 aliphatic rings. The van der Waals surface area contributed by atoms with Crippen molar-refractivity contribution in [3.05, 3.63) is 59.4 Å². The van der Waals surface area contributed by atoms with Crippen LogP contribution in [-0.2, 0) is 13.0 Å². The lowest BCUT2D eigenvalue weighted by atomic mass is 9.90. The highest BCUT2D eigenvalue weighted by Crippen LogP contribution is 2.26. The van der Waals surface area contributed by atoms with Crippen LogP contribution in [0.5, 0.6) is 5.75 Å². The molecule has 0 bridgehead atoms. The lowest BCUT2D eigenvalue weighted by molar-refractivity contribution is 0.305. The van der Waals surface area contributed by atoms with Crippen LogP contribution in [0, 0.1) is 0 Å². The van der Waals surface area contributed by atoms with E-state index in [9.17, 15) is 0 Å². The summed E-state index contributed by atoms with van der Waals surface area (Å²) >= 11 is 0. The lowest BCUT2D eigenvalue weighted by Crippen LogP contribution is -2.12. The van der Waals surface area contributed by atoms with E-state index in [2.05, 4.69) is 16.2 Å². The maximum absolute atomic E-state index is 9.08. The SMILES string of the molecule is O/N=C1/CCCc2ccc(OCc3ccncc3)cc21. The Morgan fingerprint density at radius 1 is 1.15 bits per heavy atom. The molecule has 0 radical (unpaired) electrons. The molecule has 2 aromatic rings. The summed E-state index contributed by atoms with van der Waals surface area (Å²) in [6.45, 7) is 0.507. The van der Waals surface area contributed by atoms with Gasteiger partial charge in [-0.05, 0) is 54.7 Å². The molecule has 0 saturated heterocycles. The maximum Gasteiger partial charge on any atom is 0.120 e. The summed E-state index contributed by atoms with van der Waals surface area (Å²) in [6, 6.07) is 9.85. The van der Waals surface area contributed by atoms with Crippen molar-refractivity contribution in [1.82, 2.24) is 4.98 Å². The number of ether oxygens (including phenoxy) is 1. The second kappa shape index (κ2) is 5.74. The quantitative estimate of drug-likeness (QED) is 0.687. The average molecular weight is 268 g/mol. The van der Waals surface area contributed by atoms with E-state index in [1.807, 2.05) is 24.3 Å². The van der Waals surface area contributed by atoms with Gasteiger partial charge in [0.15, 0.2) is 0 Å². The standard InChI is InChI=1S/C16H16N2O2/c19-18-16-3-1-2-13-4-5-14(10-15(13)16)20-11-12-6-8-17-9-7-12/h4-10,19H,1-3,11H2/b18-16-. The fourth-order valence-corrected chi connectivity index (χ4v) is 2.46. The van der Waals surface area contributed by atoms with Crippen molar-refractivity contribution in [2.75, 3.05) is 0 Å². The summed E-state index contributed by atoms with van der Waals surface area (Å²) in [5.41, 5.74) is 4.06. The number of rotatable bonds is 3. The third-order valence-corrected chi connectivity index (χ3v) is 3.53. The third kappa shape index (κ3) is 2.64. The van der Waals surface area contributed by atoms with Crippen LogP contribution in [0.15, 0.2) is 47.9 Å². The molecule has 1 aromatic carbocycles. The largest absolute Gasteiger partial charge is 0.489 e. The number of aryl methyl sites for hydroxylation is 1. The monoisotopic (exact) mass is 268 g/mol. The Labute approximate surface area is 117 Å². The lowest BCUT2D eigenvalue weighted by Gasteiger charge is -2.18. The molecule has 1 aliphatic carbocycles. The van der Waals surface area contributed by atoms with E-state index < -0.39 is 0 Å². The van der Waals surface area contributed by atoms with Gasteiger partial charge in [0.2, 0.25) is 0 Å². The van der Waals surface area contributed by atoms with Gasteiger partial charge in [-0.2, -0.15) is 0 Å². The van der Waals surface area contributed by atoms with Crippen molar-refractivity contribution in [2.24, 2.45) is 5.16 Å². The summed E-state index contributed by atoms with van der Waals surface area (Å²) in [7, 11) is 0. The van der Waals surface area contributed by atoms with Crippen LogP contribution >= 0.6 is 0 Å². The molecule has 20 heavy (non-hydrogen) atoms. The highest BCUT2D eigenvalue weighted by molar-refractivity contribution is 6.02. The summed E-state index contributed by atoms with van der Waals surface area (Å²) in [5, 5.41) is 12.5. The topological polar surface area (TPSA) is 54.7 Å². The first kappa shape index (κ1) is 12.7. The minimum atomic E-state index is 0.507. The molecule has 1 aromatic heterocycles. The van der Waals surface area contributed by atoms with Crippen LogP contribution in [0.1, 0.15) is 29.5 Å². The molecule has 0 spiro atoms. The zero-order valence-electron chi connectivity index (χ0n) is 11.1. The highest BCUT2D eigenvalue weighted by atomic mass is 16.5. The van der Waals surface area contributed by atoms with Crippen LogP contribution in [0.25, 0.3) is 0 Å². The van der Waals surface area contributed by atoms with Crippen molar-refractivity contribution in [2.45, 2.75) is 25.9 Å². The number of benzene rings is 1. The third-order valence-electron chi connectivity index (χ3n) is 3.53. The number of aromatic nitrogens is 1. The van der Waals surface area contributed by atoms with Gasteiger partial charge in [-0.15, -0.1) is 0 Å². The van der Waals surface area contributed by atoms with Crippen LogP contribution in [0.2, 0.25) is 0 Å². The van der Waals surface area contributed by atoms with Gasteiger partial charge in [-0.3, -0.25) is 4.98 Å². The molecule has 3 rings (SSSR count).